The molecule has 0 saturated heterocycles. The molecule has 0 radical (unpaired) electrons. The van der Waals surface area contributed by atoms with Crippen molar-refractivity contribution in [3.05, 3.63) is 69.8 Å². The van der Waals surface area contributed by atoms with Gasteiger partial charge in [-0.05, 0) is 17.7 Å². The van der Waals surface area contributed by atoms with E-state index < -0.39 is 40.1 Å². The molecule has 1 amide bonds. The van der Waals surface area contributed by atoms with Crippen LogP contribution in [-0.4, -0.2) is 35.0 Å². The molecule has 0 aromatic heterocycles. The number of benzene rings is 2. The maximum Gasteiger partial charge on any atom is 0.416 e. The molecule has 2 aromatic carbocycles. The van der Waals surface area contributed by atoms with Crippen LogP contribution in [-0.2, 0) is 15.8 Å². The largest absolute Gasteiger partial charge is 0.481 e. The molecular formula is C19H18F3N3O5. The second-order valence-electron chi connectivity index (χ2n) is 6.27. The minimum atomic E-state index is -4.72. The zero-order valence-electron chi connectivity index (χ0n) is 15.5. The Hall–Kier alpha value is -3.63. The summed E-state index contributed by atoms with van der Waals surface area (Å²) in [5.41, 5.74) is -1.56. The van der Waals surface area contributed by atoms with Gasteiger partial charge in [0.15, 0.2) is 0 Å². The highest BCUT2D eigenvalue weighted by molar-refractivity contribution is 5.80. The molecule has 11 heteroatoms. The first kappa shape index (κ1) is 22.7. The van der Waals surface area contributed by atoms with Crippen molar-refractivity contribution in [1.29, 1.82) is 0 Å². The topological polar surface area (TPSA) is 122 Å². The van der Waals surface area contributed by atoms with Crippen LogP contribution in [0.3, 0.4) is 0 Å². The Kier molecular flexibility index (Phi) is 7.34. The number of amides is 1. The number of carboxylic acids is 1. The van der Waals surface area contributed by atoms with Gasteiger partial charge in [-0.15, -0.1) is 0 Å². The highest BCUT2D eigenvalue weighted by Gasteiger charge is 2.33. The van der Waals surface area contributed by atoms with Crippen molar-refractivity contribution in [3.8, 4) is 0 Å². The summed E-state index contributed by atoms with van der Waals surface area (Å²) in [6.45, 7) is -0.250. The third-order valence-electron chi connectivity index (χ3n) is 4.19. The van der Waals surface area contributed by atoms with Gasteiger partial charge in [0.1, 0.15) is 5.69 Å². The van der Waals surface area contributed by atoms with Gasteiger partial charge in [-0.3, -0.25) is 19.7 Å². The Labute approximate surface area is 168 Å². The molecule has 0 aliphatic rings. The van der Waals surface area contributed by atoms with E-state index in [-0.39, 0.29) is 25.2 Å². The van der Waals surface area contributed by atoms with Crippen LogP contribution >= 0.6 is 0 Å². The molecule has 0 saturated carbocycles. The molecular weight excluding hydrogens is 407 g/mol. The van der Waals surface area contributed by atoms with Crippen LogP contribution < -0.4 is 10.6 Å². The molecule has 0 spiro atoms. The van der Waals surface area contributed by atoms with Crippen LogP contribution in [0.2, 0.25) is 0 Å². The number of nitrogens with zero attached hydrogens (tertiary/aromatic N) is 1. The number of carbonyl (C=O) groups excluding carboxylic acids is 1. The molecule has 0 aliphatic heterocycles. The summed E-state index contributed by atoms with van der Waals surface area (Å²) in [4.78, 5) is 33.5. The summed E-state index contributed by atoms with van der Waals surface area (Å²) >= 11 is 0. The van der Waals surface area contributed by atoms with Crippen molar-refractivity contribution in [2.24, 2.45) is 0 Å². The van der Waals surface area contributed by atoms with Gasteiger partial charge < -0.3 is 15.7 Å². The fourth-order valence-corrected chi connectivity index (χ4v) is 2.66. The minimum absolute atomic E-state index is 0.0961. The summed E-state index contributed by atoms with van der Waals surface area (Å²) < 4.78 is 38.1. The van der Waals surface area contributed by atoms with Crippen LogP contribution in [0.25, 0.3) is 0 Å². The van der Waals surface area contributed by atoms with E-state index in [1.165, 1.54) is 0 Å². The molecule has 2 rings (SSSR count). The summed E-state index contributed by atoms with van der Waals surface area (Å²) in [5, 5.41) is 25.4. The van der Waals surface area contributed by atoms with Crippen LogP contribution in [0.5, 0.6) is 0 Å². The molecule has 160 valence electrons. The van der Waals surface area contributed by atoms with Crippen LogP contribution in [0.15, 0.2) is 48.5 Å². The molecule has 3 N–H and O–H groups in total. The Morgan fingerprint density at radius 1 is 1.13 bits per heavy atom. The first-order valence-electron chi connectivity index (χ1n) is 8.73. The summed E-state index contributed by atoms with van der Waals surface area (Å²) in [7, 11) is 0. The van der Waals surface area contributed by atoms with Gasteiger partial charge in [0.25, 0.3) is 5.69 Å². The highest BCUT2D eigenvalue weighted by Crippen LogP contribution is 2.34. The van der Waals surface area contributed by atoms with Crippen molar-refractivity contribution in [2.45, 2.75) is 18.5 Å². The van der Waals surface area contributed by atoms with Crippen molar-refractivity contribution in [3.63, 3.8) is 0 Å². The van der Waals surface area contributed by atoms with Gasteiger partial charge in [0.2, 0.25) is 5.91 Å². The predicted molar refractivity (Wildman–Crippen MR) is 101 cm³/mol. The van der Waals surface area contributed by atoms with E-state index >= 15 is 0 Å². The maximum atomic E-state index is 12.7. The number of halogens is 3. The van der Waals surface area contributed by atoms with E-state index in [0.29, 0.717) is 17.7 Å². The molecule has 8 nitrogen and oxygen atoms in total. The molecule has 0 aliphatic carbocycles. The van der Waals surface area contributed by atoms with Gasteiger partial charge in [-0.2, -0.15) is 13.2 Å². The third-order valence-corrected chi connectivity index (χ3v) is 4.19. The number of alkyl halides is 3. The van der Waals surface area contributed by atoms with E-state index in [1.54, 1.807) is 30.3 Å². The molecule has 30 heavy (non-hydrogen) atoms. The molecule has 2 aromatic rings. The van der Waals surface area contributed by atoms with Crippen molar-refractivity contribution in [2.75, 3.05) is 18.4 Å². The van der Waals surface area contributed by atoms with Gasteiger partial charge in [-0.25, -0.2) is 0 Å². The average molecular weight is 425 g/mol. The molecule has 0 heterocycles. The minimum Gasteiger partial charge on any atom is -0.481 e. The summed E-state index contributed by atoms with van der Waals surface area (Å²) in [6, 6.07) is 10.4. The summed E-state index contributed by atoms with van der Waals surface area (Å²) in [6.07, 6.45) is -4.89. The lowest BCUT2D eigenvalue weighted by molar-refractivity contribution is -0.384. The van der Waals surface area contributed by atoms with Crippen molar-refractivity contribution < 1.29 is 32.8 Å². The lowest BCUT2D eigenvalue weighted by atomic mass is 9.99. The first-order valence-corrected chi connectivity index (χ1v) is 8.73. The Morgan fingerprint density at radius 2 is 1.80 bits per heavy atom. The van der Waals surface area contributed by atoms with Crippen molar-refractivity contribution >= 4 is 23.3 Å². The van der Waals surface area contributed by atoms with Gasteiger partial charge in [-0.1, -0.05) is 30.3 Å². The third kappa shape index (κ3) is 6.19. The Morgan fingerprint density at radius 3 is 2.37 bits per heavy atom. The fraction of sp³-hybridized carbons (Fsp3) is 0.263. The van der Waals surface area contributed by atoms with Crippen LogP contribution in [0, 0.1) is 10.1 Å². The number of carboxylic acid groups (broad SMARTS) is 1. The van der Waals surface area contributed by atoms with Crippen molar-refractivity contribution in [1.82, 2.24) is 5.32 Å². The van der Waals surface area contributed by atoms with E-state index in [1.807, 2.05) is 0 Å². The normalized spacial score (nSPS) is 12.1. The van der Waals surface area contributed by atoms with Gasteiger partial charge >= 0.3 is 12.1 Å². The van der Waals surface area contributed by atoms with E-state index in [4.69, 9.17) is 0 Å². The number of rotatable bonds is 9. The zero-order valence-corrected chi connectivity index (χ0v) is 15.5. The predicted octanol–water partition coefficient (Wildman–Crippen LogP) is 3.40. The highest BCUT2D eigenvalue weighted by atomic mass is 19.4. The van der Waals surface area contributed by atoms with E-state index in [9.17, 15) is 38.0 Å². The smallest absolute Gasteiger partial charge is 0.416 e. The summed E-state index contributed by atoms with van der Waals surface area (Å²) in [5.74, 6) is -2.57. The standard InChI is InChI=1S/C19H18F3N3O5/c20-19(21,22)13-6-7-15(16(10-13)25(29)30)23-9-8-17(26)24-11-14(18(27)28)12-4-2-1-3-5-12/h1-7,10,14,23H,8-9,11H2,(H,24,26)(H,27,28)/t14-/m0/s1. The zero-order chi connectivity index (χ0) is 22.3. The number of hydrogen-bond donors (Lipinski definition) is 3. The molecule has 0 unspecified atom stereocenters. The second kappa shape index (κ2) is 9.72. The molecule has 1 atom stereocenters. The van der Waals surface area contributed by atoms with Crippen LogP contribution in [0.4, 0.5) is 24.5 Å². The first-order chi connectivity index (χ1) is 14.1. The number of nitrogens with one attached hydrogen (secondary N) is 2. The Bertz CT molecular complexity index is 919. The Balaban J connectivity index is 1.93. The lowest BCUT2D eigenvalue weighted by Gasteiger charge is -2.14. The number of hydrogen-bond acceptors (Lipinski definition) is 5. The monoisotopic (exact) mass is 425 g/mol. The fourth-order valence-electron chi connectivity index (χ4n) is 2.66. The number of nitro benzene ring substituents is 1. The van der Waals surface area contributed by atoms with Gasteiger partial charge in [0.05, 0.1) is 16.4 Å². The average Bonchev–Trinajstić information content (AvgIpc) is 2.68. The van der Waals surface area contributed by atoms with E-state index in [0.717, 1.165) is 6.07 Å². The van der Waals surface area contributed by atoms with Gasteiger partial charge in [0, 0.05) is 25.6 Å². The molecule has 0 fully saturated rings. The quantitative estimate of drug-likeness (QED) is 0.418. The SMILES string of the molecule is O=C(CCNc1ccc(C(F)(F)F)cc1[N+](=O)[O-])NC[C@H](C(=O)O)c1ccccc1. The second-order valence-corrected chi connectivity index (χ2v) is 6.27. The van der Waals surface area contributed by atoms with E-state index in [2.05, 4.69) is 10.6 Å². The number of anilines is 1. The number of carbonyl (C=O) groups is 2. The molecule has 0 bridgehead atoms. The number of aliphatic carboxylic acids is 1. The maximum absolute atomic E-state index is 12.7. The lowest BCUT2D eigenvalue weighted by Crippen LogP contribution is -2.32. The number of nitro groups is 1. The van der Waals surface area contributed by atoms with Crippen LogP contribution in [0.1, 0.15) is 23.5 Å².